The number of anilines is 1. The number of fused-ring (bicyclic) bond motifs is 1. The number of morpholine rings is 1. The summed E-state index contributed by atoms with van der Waals surface area (Å²) in [5.41, 5.74) is 12.4. The number of pyridine rings is 1. The molecule has 2 aromatic carbocycles. The molecular weight excluding hydrogens is 438 g/mol. The van der Waals surface area contributed by atoms with E-state index in [0.717, 1.165) is 39.8 Å². The molecule has 3 heterocycles. The highest BCUT2D eigenvalue weighted by Gasteiger charge is 2.27. The summed E-state index contributed by atoms with van der Waals surface area (Å²) < 4.78 is 31.5. The molecule has 2 aliphatic heterocycles. The quantitative estimate of drug-likeness (QED) is 0.598. The first-order valence-corrected chi connectivity index (χ1v) is 11.4. The van der Waals surface area contributed by atoms with Gasteiger partial charge >= 0.3 is 0 Å². The number of ether oxygens (including phenoxy) is 1. The van der Waals surface area contributed by atoms with Gasteiger partial charge in [0, 0.05) is 36.0 Å². The van der Waals surface area contributed by atoms with E-state index < -0.39 is 6.43 Å². The number of hydrogen-bond acceptors (Lipinski definition) is 5. The first-order valence-electron chi connectivity index (χ1n) is 11.4. The average molecular weight is 465 g/mol. The third kappa shape index (κ3) is 4.51. The van der Waals surface area contributed by atoms with Gasteiger partial charge in [-0.25, -0.2) is 13.8 Å². The van der Waals surface area contributed by atoms with Crippen LogP contribution < -0.4 is 11.1 Å². The summed E-state index contributed by atoms with van der Waals surface area (Å²) in [4.78, 5) is 18.2. The number of nitrogens with zero attached hydrogens (tertiary/aromatic N) is 2. The first-order chi connectivity index (χ1) is 16.5. The van der Waals surface area contributed by atoms with E-state index in [9.17, 15) is 13.6 Å². The van der Waals surface area contributed by atoms with Crippen molar-refractivity contribution in [2.75, 3.05) is 38.6 Å². The van der Waals surface area contributed by atoms with Crippen molar-refractivity contribution in [3.05, 3.63) is 71.4 Å². The van der Waals surface area contributed by atoms with E-state index in [2.05, 4.69) is 10.3 Å². The van der Waals surface area contributed by atoms with Gasteiger partial charge in [-0.3, -0.25) is 9.69 Å². The number of nitrogen functional groups attached to an aromatic ring is 1. The second kappa shape index (κ2) is 9.48. The number of aromatic nitrogens is 1. The maximum Gasteiger partial charge on any atom is 0.251 e. The van der Waals surface area contributed by atoms with E-state index in [4.69, 9.17) is 10.5 Å². The minimum absolute atomic E-state index is 0.0526. The molecule has 3 aromatic rings. The second-order valence-electron chi connectivity index (χ2n) is 8.63. The lowest BCUT2D eigenvalue weighted by molar-refractivity contribution is -0.0335. The van der Waals surface area contributed by atoms with E-state index in [1.165, 1.54) is 0 Å². The maximum atomic E-state index is 13.0. The minimum atomic E-state index is -2.38. The Balaban J connectivity index is 1.42. The normalized spacial score (nSPS) is 18.6. The van der Waals surface area contributed by atoms with Gasteiger partial charge in [-0.15, -0.1) is 0 Å². The molecule has 34 heavy (non-hydrogen) atoms. The number of nitrogens with two attached hydrogens (primary N) is 1. The Morgan fingerprint density at radius 2 is 1.88 bits per heavy atom. The van der Waals surface area contributed by atoms with E-state index in [1.807, 2.05) is 48.5 Å². The number of amides is 1. The van der Waals surface area contributed by atoms with Crippen molar-refractivity contribution < 1.29 is 18.3 Å². The van der Waals surface area contributed by atoms with Crippen molar-refractivity contribution in [1.82, 2.24) is 15.2 Å². The lowest BCUT2D eigenvalue weighted by atomic mass is 9.94. The minimum Gasteiger partial charge on any atom is -0.383 e. The third-order valence-electron chi connectivity index (χ3n) is 6.50. The van der Waals surface area contributed by atoms with Gasteiger partial charge in [0.1, 0.15) is 5.82 Å². The molecule has 1 atom stereocenters. The highest BCUT2D eigenvalue weighted by molar-refractivity contribution is 5.97. The van der Waals surface area contributed by atoms with Gasteiger partial charge < -0.3 is 15.8 Å². The van der Waals surface area contributed by atoms with E-state index in [0.29, 0.717) is 37.7 Å². The molecule has 0 bridgehead atoms. The molecule has 0 saturated carbocycles. The Kier molecular flexibility index (Phi) is 6.26. The lowest BCUT2D eigenvalue weighted by Crippen LogP contribution is -2.41. The van der Waals surface area contributed by atoms with Crippen LogP contribution in [0.3, 0.4) is 0 Å². The predicted molar refractivity (Wildman–Crippen MR) is 127 cm³/mol. The standard InChI is InChI=1S/C26H26F2N4O2/c27-24(28)14-32-9-10-34-15-23(32)17-3-1-16(2-4-17)20-12-22(25(29)31-13-20)18-5-6-21-19(11-18)7-8-30-26(21)33/h1-6,11-13,23-24H,7-10,14-15H2,(H2,29,31)(H,30,33). The Hall–Kier alpha value is -3.36. The van der Waals surface area contributed by atoms with Crippen LogP contribution in [0.2, 0.25) is 0 Å². The summed E-state index contributed by atoms with van der Waals surface area (Å²) in [6, 6.07) is 15.4. The highest BCUT2D eigenvalue weighted by atomic mass is 19.3. The van der Waals surface area contributed by atoms with Gasteiger partial charge in [0.25, 0.3) is 12.3 Å². The molecule has 0 spiro atoms. The molecule has 0 aliphatic carbocycles. The number of benzene rings is 2. The molecule has 0 radical (unpaired) electrons. The van der Waals surface area contributed by atoms with Gasteiger partial charge in [0.15, 0.2) is 0 Å². The fourth-order valence-electron chi connectivity index (χ4n) is 4.70. The molecule has 1 saturated heterocycles. The number of carbonyl (C=O) groups is 1. The third-order valence-corrected chi connectivity index (χ3v) is 6.50. The van der Waals surface area contributed by atoms with Crippen LogP contribution in [-0.2, 0) is 11.2 Å². The highest BCUT2D eigenvalue weighted by Crippen LogP contribution is 2.33. The molecule has 8 heteroatoms. The molecule has 3 N–H and O–H groups in total. The zero-order chi connectivity index (χ0) is 23.7. The fraction of sp³-hybridized carbons (Fsp3) is 0.308. The predicted octanol–water partition coefficient (Wildman–Crippen LogP) is 3.92. The summed E-state index contributed by atoms with van der Waals surface area (Å²) in [6.45, 7) is 1.72. The molecule has 6 nitrogen and oxygen atoms in total. The number of hydrogen-bond donors (Lipinski definition) is 2. The number of carbonyl (C=O) groups excluding carboxylic acids is 1. The Morgan fingerprint density at radius 1 is 1.09 bits per heavy atom. The molecule has 1 unspecified atom stereocenters. The second-order valence-corrected chi connectivity index (χ2v) is 8.63. The number of halogens is 2. The lowest BCUT2D eigenvalue weighted by Gasteiger charge is -2.35. The monoisotopic (exact) mass is 464 g/mol. The number of nitrogens with one attached hydrogen (secondary N) is 1. The molecule has 2 aliphatic rings. The largest absolute Gasteiger partial charge is 0.383 e. The molecule has 1 amide bonds. The van der Waals surface area contributed by atoms with Crippen molar-refractivity contribution in [2.24, 2.45) is 0 Å². The Morgan fingerprint density at radius 3 is 2.68 bits per heavy atom. The van der Waals surface area contributed by atoms with Crippen LogP contribution in [0.4, 0.5) is 14.6 Å². The Labute approximate surface area is 196 Å². The number of rotatable bonds is 5. The first kappa shape index (κ1) is 22.4. The fourth-order valence-corrected chi connectivity index (χ4v) is 4.70. The van der Waals surface area contributed by atoms with E-state index >= 15 is 0 Å². The van der Waals surface area contributed by atoms with Gasteiger partial charge in [-0.05, 0) is 40.8 Å². The SMILES string of the molecule is Nc1ncc(-c2ccc(C3COCCN3CC(F)F)cc2)cc1-c1ccc2c(c1)CCNC2=O. The van der Waals surface area contributed by atoms with E-state index in [-0.39, 0.29) is 18.5 Å². The van der Waals surface area contributed by atoms with Gasteiger partial charge in [-0.2, -0.15) is 0 Å². The van der Waals surface area contributed by atoms with Crippen LogP contribution in [0.5, 0.6) is 0 Å². The van der Waals surface area contributed by atoms with Crippen molar-refractivity contribution in [1.29, 1.82) is 0 Å². The van der Waals surface area contributed by atoms with Crippen molar-refractivity contribution in [2.45, 2.75) is 18.9 Å². The van der Waals surface area contributed by atoms with Crippen molar-refractivity contribution in [3.63, 3.8) is 0 Å². The maximum absolute atomic E-state index is 13.0. The van der Waals surface area contributed by atoms with Crippen LogP contribution in [-0.4, -0.2) is 55.1 Å². The smallest absolute Gasteiger partial charge is 0.251 e. The summed E-state index contributed by atoms with van der Waals surface area (Å²) in [6.07, 6.45) is 0.126. The average Bonchev–Trinajstić information content (AvgIpc) is 2.84. The van der Waals surface area contributed by atoms with Crippen LogP contribution in [0.1, 0.15) is 27.5 Å². The van der Waals surface area contributed by atoms with Gasteiger partial charge in [0.2, 0.25) is 0 Å². The van der Waals surface area contributed by atoms with Crippen molar-refractivity contribution >= 4 is 11.7 Å². The van der Waals surface area contributed by atoms with Crippen LogP contribution in [0.25, 0.3) is 22.3 Å². The summed E-state index contributed by atoms with van der Waals surface area (Å²) >= 11 is 0. The van der Waals surface area contributed by atoms with Gasteiger partial charge in [-0.1, -0.05) is 36.4 Å². The van der Waals surface area contributed by atoms with Crippen LogP contribution >= 0.6 is 0 Å². The molecule has 1 aromatic heterocycles. The summed E-state index contributed by atoms with van der Waals surface area (Å²) in [5, 5.41) is 2.86. The summed E-state index contributed by atoms with van der Waals surface area (Å²) in [5.74, 6) is 0.366. The van der Waals surface area contributed by atoms with Crippen LogP contribution in [0, 0.1) is 0 Å². The van der Waals surface area contributed by atoms with Crippen molar-refractivity contribution in [3.8, 4) is 22.3 Å². The molecule has 176 valence electrons. The zero-order valence-corrected chi connectivity index (χ0v) is 18.6. The van der Waals surface area contributed by atoms with Crippen LogP contribution in [0.15, 0.2) is 54.7 Å². The molecule has 5 rings (SSSR count). The van der Waals surface area contributed by atoms with E-state index in [1.54, 1.807) is 11.1 Å². The molecule has 1 fully saturated rings. The zero-order valence-electron chi connectivity index (χ0n) is 18.6. The summed E-state index contributed by atoms with van der Waals surface area (Å²) in [7, 11) is 0. The van der Waals surface area contributed by atoms with Gasteiger partial charge in [0.05, 0.1) is 25.8 Å². The molecular formula is C26H26F2N4O2. The number of alkyl halides is 2. The topological polar surface area (TPSA) is 80.5 Å². The Bertz CT molecular complexity index is 1200.